The molecule has 0 fully saturated rings. The fraction of sp³-hybridized carbons (Fsp3) is 0.120. The van der Waals surface area contributed by atoms with Gasteiger partial charge in [0.1, 0.15) is 11.5 Å². The molecule has 0 bridgehead atoms. The highest BCUT2D eigenvalue weighted by Crippen LogP contribution is 2.30. The lowest BCUT2D eigenvalue weighted by molar-refractivity contribution is -0.114. The molecule has 0 atom stereocenters. The number of carboxylic acid groups (broad SMARTS) is 1. The van der Waals surface area contributed by atoms with Crippen molar-refractivity contribution in [1.29, 1.82) is 5.26 Å². The molecule has 0 saturated carbocycles. The Morgan fingerprint density at radius 1 is 1.09 bits per heavy atom. The highest BCUT2D eigenvalue weighted by Gasteiger charge is 2.29. The number of carboxylic acids is 1. The molecule has 3 aromatic rings. The van der Waals surface area contributed by atoms with Gasteiger partial charge in [-0.1, -0.05) is 0 Å². The number of aromatic carboxylic acids is 1. The van der Waals surface area contributed by atoms with Crippen LogP contribution in [-0.4, -0.2) is 22.7 Å². The summed E-state index contributed by atoms with van der Waals surface area (Å²) in [6, 6.07) is 15.4. The third kappa shape index (κ3) is 3.70. The number of hydrogen-bond donors (Lipinski definition) is 1. The number of aryl methyl sites for hydroxylation is 2. The number of carbonyl (C=O) groups excluding carboxylic acids is 1. The van der Waals surface area contributed by atoms with Crippen LogP contribution in [0.15, 0.2) is 63.6 Å². The Labute approximate surface area is 184 Å². The van der Waals surface area contributed by atoms with E-state index in [0.717, 1.165) is 11.1 Å². The number of amides is 1. The highest BCUT2D eigenvalue weighted by molar-refractivity contribution is 6.32. The SMILES string of the molecule is CC1=NN(c2ccc(C(=O)O)cc2)C(=O)/C1=C\c1ccc(-c2cc(C)c(C)cc2C#N)o1. The van der Waals surface area contributed by atoms with E-state index in [0.29, 0.717) is 39.6 Å². The van der Waals surface area contributed by atoms with Gasteiger partial charge in [0.05, 0.1) is 34.2 Å². The maximum Gasteiger partial charge on any atom is 0.335 e. The smallest absolute Gasteiger partial charge is 0.335 e. The zero-order chi connectivity index (χ0) is 23.0. The summed E-state index contributed by atoms with van der Waals surface area (Å²) in [6.07, 6.45) is 1.61. The van der Waals surface area contributed by atoms with E-state index in [1.807, 2.05) is 26.0 Å². The second-order valence-electron chi connectivity index (χ2n) is 7.51. The first-order valence-electron chi connectivity index (χ1n) is 9.85. The number of anilines is 1. The van der Waals surface area contributed by atoms with Crippen molar-refractivity contribution in [2.45, 2.75) is 20.8 Å². The van der Waals surface area contributed by atoms with Gasteiger partial charge < -0.3 is 9.52 Å². The molecule has 4 rings (SSSR count). The van der Waals surface area contributed by atoms with Gasteiger partial charge in [0.15, 0.2) is 0 Å². The Balaban J connectivity index is 1.63. The van der Waals surface area contributed by atoms with Gasteiger partial charge in [0.2, 0.25) is 0 Å². The average Bonchev–Trinajstić information content (AvgIpc) is 3.35. The topological polar surface area (TPSA) is 107 Å². The fourth-order valence-corrected chi connectivity index (χ4v) is 3.43. The Morgan fingerprint density at radius 2 is 1.78 bits per heavy atom. The number of hydrogen-bond acceptors (Lipinski definition) is 5. The summed E-state index contributed by atoms with van der Waals surface area (Å²) in [4.78, 5) is 24.0. The maximum absolute atomic E-state index is 12.9. The first-order chi connectivity index (χ1) is 15.3. The van der Waals surface area contributed by atoms with Crippen LogP contribution in [0.25, 0.3) is 17.4 Å². The molecule has 0 unspecified atom stereocenters. The Bertz CT molecular complexity index is 1350. The Hall–Kier alpha value is -4.44. The van der Waals surface area contributed by atoms with Crippen LogP contribution in [0.5, 0.6) is 0 Å². The molecular weight excluding hydrogens is 406 g/mol. The number of hydrazone groups is 1. The summed E-state index contributed by atoms with van der Waals surface area (Å²) >= 11 is 0. The van der Waals surface area contributed by atoms with Crippen molar-refractivity contribution in [2.24, 2.45) is 5.10 Å². The lowest BCUT2D eigenvalue weighted by atomic mass is 9.99. The van der Waals surface area contributed by atoms with Crippen LogP contribution in [0.3, 0.4) is 0 Å². The quantitative estimate of drug-likeness (QED) is 0.596. The molecule has 7 heteroatoms. The second kappa shape index (κ2) is 8.00. The van der Waals surface area contributed by atoms with Gasteiger partial charge in [-0.2, -0.15) is 15.4 Å². The maximum atomic E-state index is 12.9. The van der Waals surface area contributed by atoms with Crippen LogP contribution in [0.1, 0.15) is 39.7 Å². The number of carbonyl (C=O) groups is 2. The van der Waals surface area contributed by atoms with Crippen molar-refractivity contribution in [3.05, 3.63) is 82.1 Å². The predicted octanol–water partition coefficient (Wildman–Crippen LogP) is 4.94. The minimum absolute atomic E-state index is 0.128. The minimum atomic E-state index is -1.04. The molecule has 32 heavy (non-hydrogen) atoms. The molecule has 2 heterocycles. The normalized spacial score (nSPS) is 14.6. The second-order valence-corrected chi connectivity index (χ2v) is 7.51. The zero-order valence-corrected chi connectivity index (χ0v) is 17.7. The molecule has 158 valence electrons. The van der Waals surface area contributed by atoms with E-state index in [1.165, 1.54) is 29.3 Å². The van der Waals surface area contributed by atoms with Gasteiger partial charge in [0.25, 0.3) is 5.91 Å². The van der Waals surface area contributed by atoms with Crippen LogP contribution in [0, 0.1) is 25.2 Å². The molecule has 0 aliphatic carbocycles. The van der Waals surface area contributed by atoms with E-state index < -0.39 is 5.97 Å². The standard InChI is InChI=1S/C25H19N3O4/c1-14-10-18(13-26)22(11-15(14)2)23-9-8-20(32-23)12-21-16(3)27-28(24(21)29)19-6-4-17(5-7-19)25(30)31/h4-12H,1-3H3,(H,30,31)/b21-12-. The summed E-state index contributed by atoms with van der Waals surface area (Å²) in [6.45, 7) is 5.64. The molecule has 1 N–H and O–H groups in total. The minimum Gasteiger partial charge on any atom is -0.478 e. The van der Waals surface area contributed by atoms with E-state index in [1.54, 1.807) is 25.1 Å². The Kier molecular flexibility index (Phi) is 5.21. The number of benzene rings is 2. The molecule has 0 saturated heterocycles. The zero-order valence-electron chi connectivity index (χ0n) is 17.7. The first-order valence-corrected chi connectivity index (χ1v) is 9.85. The fourth-order valence-electron chi connectivity index (χ4n) is 3.43. The Morgan fingerprint density at radius 3 is 2.44 bits per heavy atom. The molecular formula is C25H19N3O4. The van der Waals surface area contributed by atoms with Crippen molar-refractivity contribution < 1.29 is 19.1 Å². The van der Waals surface area contributed by atoms with Crippen molar-refractivity contribution in [1.82, 2.24) is 0 Å². The lowest BCUT2D eigenvalue weighted by Gasteiger charge is -2.11. The summed E-state index contributed by atoms with van der Waals surface area (Å²) in [5, 5.41) is 24.1. The average molecular weight is 425 g/mol. The summed E-state index contributed by atoms with van der Waals surface area (Å²) < 4.78 is 5.93. The van der Waals surface area contributed by atoms with Gasteiger partial charge in [-0.15, -0.1) is 0 Å². The highest BCUT2D eigenvalue weighted by atomic mass is 16.4. The third-order valence-corrected chi connectivity index (χ3v) is 5.35. The van der Waals surface area contributed by atoms with Crippen LogP contribution >= 0.6 is 0 Å². The molecule has 2 aromatic carbocycles. The van der Waals surface area contributed by atoms with Gasteiger partial charge in [0, 0.05) is 5.56 Å². The molecule has 1 amide bonds. The molecule has 0 spiro atoms. The molecule has 1 aromatic heterocycles. The lowest BCUT2D eigenvalue weighted by Crippen LogP contribution is -2.21. The summed E-state index contributed by atoms with van der Waals surface area (Å²) in [5.74, 6) is -0.380. The number of furan rings is 1. The van der Waals surface area contributed by atoms with E-state index >= 15 is 0 Å². The van der Waals surface area contributed by atoms with Gasteiger partial charge in [-0.05, 0) is 86.5 Å². The molecule has 7 nitrogen and oxygen atoms in total. The van der Waals surface area contributed by atoms with E-state index in [4.69, 9.17) is 9.52 Å². The summed E-state index contributed by atoms with van der Waals surface area (Å²) in [7, 11) is 0. The molecule has 0 radical (unpaired) electrons. The molecule has 1 aliphatic heterocycles. The first kappa shape index (κ1) is 20.8. The number of nitriles is 1. The largest absolute Gasteiger partial charge is 0.478 e. The van der Waals surface area contributed by atoms with E-state index in [-0.39, 0.29) is 11.5 Å². The van der Waals surface area contributed by atoms with E-state index in [2.05, 4.69) is 11.2 Å². The summed E-state index contributed by atoms with van der Waals surface area (Å²) in [5.41, 5.74) is 4.77. The number of nitrogens with zero attached hydrogens (tertiary/aromatic N) is 3. The predicted molar refractivity (Wildman–Crippen MR) is 120 cm³/mol. The monoisotopic (exact) mass is 425 g/mol. The van der Waals surface area contributed by atoms with E-state index in [9.17, 15) is 14.9 Å². The number of rotatable bonds is 4. The van der Waals surface area contributed by atoms with Crippen molar-refractivity contribution in [3.8, 4) is 17.4 Å². The van der Waals surface area contributed by atoms with Gasteiger partial charge >= 0.3 is 5.97 Å². The van der Waals surface area contributed by atoms with Crippen LogP contribution < -0.4 is 5.01 Å². The molecule has 1 aliphatic rings. The van der Waals surface area contributed by atoms with Crippen LogP contribution in [0.2, 0.25) is 0 Å². The van der Waals surface area contributed by atoms with Crippen LogP contribution in [0.4, 0.5) is 5.69 Å². The van der Waals surface area contributed by atoms with Crippen LogP contribution in [-0.2, 0) is 4.79 Å². The van der Waals surface area contributed by atoms with Gasteiger partial charge in [-0.3, -0.25) is 4.79 Å². The van der Waals surface area contributed by atoms with Crippen molar-refractivity contribution in [3.63, 3.8) is 0 Å². The van der Waals surface area contributed by atoms with Crippen molar-refractivity contribution in [2.75, 3.05) is 5.01 Å². The third-order valence-electron chi connectivity index (χ3n) is 5.35. The van der Waals surface area contributed by atoms with Gasteiger partial charge in [-0.25, -0.2) is 4.79 Å². The van der Waals surface area contributed by atoms with Crippen molar-refractivity contribution >= 4 is 29.4 Å².